The van der Waals surface area contributed by atoms with Crippen molar-refractivity contribution in [2.75, 3.05) is 6.61 Å². The van der Waals surface area contributed by atoms with Gasteiger partial charge in [-0.1, -0.05) is 27.7 Å². The number of ether oxygens (including phenoxy) is 1. The first-order valence-electron chi connectivity index (χ1n) is 5.48. The summed E-state index contributed by atoms with van der Waals surface area (Å²) in [4.78, 5) is 0. The number of hydrogen-bond donors (Lipinski definition) is 0. The second-order valence-electron chi connectivity index (χ2n) is 4.21. The Morgan fingerprint density at radius 3 is 2.19 bits per heavy atom. The Labute approximate surface area is 116 Å². The molecule has 0 atom stereocenters. The van der Waals surface area contributed by atoms with Crippen molar-refractivity contribution in [2.45, 2.75) is 34.1 Å². The topological polar surface area (TPSA) is 9.23 Å². The van der Waals surface area contributed by atoms with E-state index in [1.54, 1.807) is 0 Å². The van der Waals surface area contributed by atoms with Gasteiger partial charge in [-0.15, -0.1) is 12.1 Å². The molecule has 0 fully saturated rings. The first-order valence-corrected chi connectivity index (χ1v) is 12.4. The summed E-state index contributed by atoms with van der Waals surface area (Å²) in [6.07, 6.45) is 1.11. The average Bonchev–Trinajstić information content (AvgIpc) is 2.18. The number of rotatable bonds is 4. The van der Waals surface area contributed by atoms with Crippen LogP contribution < -0.4 is 4.74 Å². The van der Waals surface area contributed by atoms with Crippen LogP contribution in [0.15, 0.2) is 12.1 Å². The van der Waals surface area contributed by atoms with E-state index in [0.717, 1.165) is 29.9 Å². The number of halogens is 1. The normalized spacial score (nSPS) is 9.75. The molecule has 1 aromatic carbocycles. The van der Waals surface area contributed by atoms with E-state index in [9.17, 15) is 0 Å². The third-order valence-electron chi connectivity index (χ3n) is 2.08. The Kier molecular flexibility index (Phi) is 9.26. The quantitative estimate of drug-likeness (QED) is 0.586. The van der Waals surface area contributed by atoms with Crippen LogP contribution in [0.4, 0.5) is 0 Å². The summed E-state index contributed by atoms with van der Waals surface area (Å²) >= 11 is 4.25. The first kappa shape index (κ1) is 16.1. The minimum absolute atomic E-state index is 0.701. The van der Waals surface area contributed by atoms with Crippen molar-refractivity contribution in [3.8, 4) is 5.75 Å². The molecule has 0 aromatic heterocycles. The van der Waals surface area contributed by atoms with E-state index in [0.29, 0.717) is 5.92 Å². The predicted octanol–water partition coefficient (Wildman–Crippen LogP) is 4.37. The molecule has 0 unspecified atom stereocenters. The van der Waals surface area contributed by atoms with Crippen LogP contribution in [0.2, 0.25) is 0 Å². The Balaban J connectivity index is 0.00000106. The van der Waals surface area contributed by atoms with Gasteiger partial charge in [0.1, 0.15) is 0 Å². The zero-order chi connectivity index (χ0) is 12.6. The second-order valence-corrected chi connectivity index (χ2v) is 4.21. The third kappa shape index (κ3) is 7.41. The van der Waals surface area contributed by atoms with Gasteiger partial charge in [-0.3, -0.25) is 0 Å². The van der Waals surface area contributed by atoms with Crippen LogP contribution in [0.1, 0.15) is 31.4 Å². The molecule has 1 nitrogen and oxygen atoms in total. The van der Waals surface area contributed by atoms with Gasteiger partial charge in [0.05, 0.1) is 6.61 Å². The van der Waals surface area contributed by atoms with E-state index in [4.69, 9.17) is 4.74 Å². The van der Waals surface area contributed by atoms with Crippen LogP contribution in [0, 0.1) is 25.8 Å². The fourth-order valence-electron chi connectivity index (χ4n) is 1.35. The van der Waals surface area contributed by atoms with Crippen LogP contribution in [0.25, 0.3) is 0 Å². The number of benzene rings is 1. The molecule has 0 N–H and O–H groups in total. The van der Waals surface area contributed by atoms with Crippen molar-refractivity contribution in [1.82, 2.24) is 0 Å². The summed E-state index contributed by atoms with van der Waals surface area (Å²) in [5, 5.41) is 0. The summed E-state index contributed by atoms with van der Waals surface area (Å²) in [7, 11) is 0. The molecule has 0 saturated heterocycles. The van der Waals surface area contributed by atoms with Gasteiger partial charge in [-0.2, -0.15) is 17.2 Å². The molecule has 16 heavy (non-hydrogen) atoms. The van der Waals surface area contributed by atoms with E-state index < -0.39 is 0 Å². The molecule has 1 rings (SSSR count). The van der Waals surface area contributed by atoms with E-state index >= 15 is 0 Å². The standard InChI is InChI=1S/C13H19O.BrH.Zn/c1-10(2)5-6-14-13-8-11(3)7-12(4)9-13;;/h8-10H,5-6H2,1-4H3;1H;/q-1;;+2/p-1. The molecular weight excluding hydrogens is 317 g/mol. The van der Waals surface area contributed by atoms with E-state index in [-0.39, 0.29) is 0 Å². The monoisotopic (exact) mass is 334 g/mol. The molecule has 0 bridgehead atoms. The molecule has 86 valence electrons. The number of hydrogen-bond acceptors (Lipinski definition) is 1. The molecule has 0 aliphatic heterocycles. The zero-order valence-electron chi connectivity index (χ0n) is 10.6. The van der Waals surface area contributed by atoms with Gasteiger partial charge >= 0.3 is 30.0 Å². The molecule has 0 saturated carbocycles. The molecule has 0 aliphatic rings. The SMILES string of the molecule is Cc1[c-]c(C)cc(OCCC(C)C)c1.[Zn+][Br]. The van der Waals surface area contributed by atoms with E-state index in [1.807, 2.05) is 26.0 Å². The molecule has 0 amide bonds. The van der Waals surface area contributed by atoms with Gasteiger partial charge in [0.15, 0.2) is 0 Å². The van der Waals surface area contributed by atoms with Crippen molar-refractivity contribution in [2.24, 2.45) is 5.92 Å². The Hall–Kier alpha value is 0.123. The minimum atomic E-state index is 0.701. The van der Waals surface area contributed by atoms with Crippen molar-refractivity contribution in [3.63, 3.8) is 0 Å². The first-order chi connectivity index (χ1) is 7.58. The maximum absolute atomic E-state index is 5.66. The Bertz CT molecular complexity index is 280. The van der Waals surface area contributed by atoms with Crippen LogP contribution in [0.5, 0.6) is 5.75 Å². The van der Waals surface area contributed by atoms with Crippen LogP contribution in [-0.2, 0) is 16.3 Å². The van der Waals surface area contributed by atoms with Gasteiger partial charge in [-0.05, 0) is 12.3 Å². The number of aryl methyl sites for hydroxylation is 2. The zero-order valence-corrected chi connectivity index (χ0v) is 15.2. The maximum atomic E-state index is 5.66. The molecule has 3 heteroatoms. The summed E-state index contributed by atoms with van der Waals surface area (Å²) in [6.45, 7) is 9.31. The van der Waals surface area contributed by atoms with Crippen molar-refractivity contribution < 1.29 is 21.1 Å². The molecular formula is C13H19BrOZn. The van der Waals surface area contributed by atoms with Gasteiger partial charge in [0.2, 0.25) is 0 Å². The molecule has 0 radical (unpaired) electrons. The van der Waals surface area contributed by atoms with Crippen molar-refractivity contribution in [1.29, 1.82) is 0 Å². The summed E-state index contributed by atoms with van der Waals surface area (Å²) in [5.41, 5.74) is 2.29. The third-order valence-corrected chi connectivity index (χ3v) is 2.08. The van der Waals surface area contributed by atoms with Gasteiger partial charge < -0.3 is 4.74 Å². The molecule has 0 aliphatic carbocycles. The Morgan fingerprint density at radius 2 is 1.75 bits per heavy atom. The summed E-state index contributed by atoms with van der Waals surface area (Å²) in [5.74, 6) is 1.67. The molecule has 0 spiro atoms. The van der Waals surface area contributed by atoms with E-state index in [1.165, 1.54) is 16.3 Å². The molecule has 1 aromatic rings. The van der Waals surface area contributed by atoms with Gasteiger partial charge in [-0.25, -0.2) is 0 Å². The van der Waals surface area contributed by atoms with Crippen molar-refractivity contribution in [3.05, 3.63) is 29.3 Å². The molecule has 0 heterocycles. The average molecular weight is 337 g/mol. The fraction of sp³-hybridized carbons (Fsp3) is 0.538. The van der Waals surface area contributed by atoms with Crippen LogP contribution >= 0.6 is 13.6 Å². The summed E-state index contributed by atoms with van der Waals surface area (Å²) < 4.78 is 5.66. The predicted molar refractivity (Wildman–Crippen MR) is 68.6 cm³/mol. The fourth-order valence-corrected chi connectivity index (χ4v) is 1.35. The van der Waals surface area contributed by atoms with E-state index in [2.05, 4.69) is 33.5 Å². The Morgan fingerprint density at radius 1 is 1.25 bits per heavy atom. The van der Waals surface area contributed by atoms with Gasteiger partial charge in [0.25, 0.3) is 0 Å². The second kappa shape index (κ2) is 9.18. The van der Waals surface area contributed by atoms with Gasteiger partial charge in [0, 0.05) is 5.75 Å². The summed E-state index contributed by atoms with van der Waals surface area (Å²) in [6, 6.07) is 7.30. The van der Waals surface area contributed by atoms with Crippen molar-refractivity contribution >= 4 is 13.6 Å². The van der Waals surface area contributed by atoms with Crippen LogP contribution in [-0.4, -0.2) is 6.61 Å². The van der Waals surface area contributed by atoms with Crippen LogP contribution in [0.3, 0.4) is 0 Å².